The molecule has 0 fully saturated rings. The zero-order valence-electron chi connectivity index (χ0n) is 11.5. The fourth-order valence-corrected chi connectivity index (χ4v) is 2.25. The molecular weight excluding hydrogens is 380 g/mol. The summed E-state index contributed by atoms with van der Waals surface area (Å²) < 4.78 is 27.8. The third-order valence-corrected chi connectivity index (χ3v) is 3.38. The molecule has 1 aromatic carbocycles. The zero-order chi connectivity index (χ0) is 17.0. The molecule has 0 atom stereocenters. The summed E-state index contributed by atoms with van der Waals surface area (Å²) >= 11 is 2.97. The molecule has 0 saturated heterocycles. The summed E-state index contributed by atoms with van der Waals surface area (Å²) in [6.45, 7) is 0.237. The number of hydrogen-bond donors (Lipinski definition) is 1. The Morgan fingerprint density at radius 1 is 1.43 bits per heavy atom. The average molecular weight is 390 g/mol. The van der Waals surface area contributed by atoms with Crippen molar-refractivity contribution in [1.82, 2.24) is 14.8 Å². The summed E-state index contributed by atoms with van der Waals surface area (Å²) in [7, 11) is 0. The first kappa shape index (κ1) is 16.9. The second-order valence-electron chi connectivity index (χ2n) is 4.46. The van der Waals surface area contributed by atoms with E-state index in [1.807, 2.05) is 0 Å². The van der Waals surface area contributed by atoms with E-state index in [0.717, 1.165) is 6.07 Å². The van der Waals surface area contributed by atoms with Gasteiger partial charge in [0.05, 0.1) is 12.2 Å². The van der Waals surface area contributed by atoms with E-state index in [1.165, 1.54) is 11.0 Å². The Hall–Kier alpha value is -2.43. The van der Waals surface area contributed by atoms with E-state index in [-0.39, 0.29) is 23.1 Å². The van der Waals surface area contributed by atoms with Crippen LogP contribution in [0.3, 0.4) is 0 Å². The van der Waals surface area contributed by atoms with E-state index < -0.39 is 28.4 Å². The van der Waals surface area contributed by atoms with Gasteiger partial charge < -0.3 is 15.4 Å². The first-order valence-corrected chi connectivity index (χ1v) is 7.14. The molecule has 1 aromatic heterocycles. The van der Waals surface area contributed by atoms with Crippen molar-refractivity contribution in [3.8, 4) is 0 Å². The molecule has 2 aromatic rings. The molecule has 0 bridgehead atoms. The lowest BCUT2D eigenvalue weighted by molar-refractivity contribution is -0.394. The topological polar surface area (TPSA) is 103 Å². The van der Waals surface area contributed by atoms with Crippen molar-refractivity contribution in [2.45, 2.75) is 19.4 Å². The number of amides is 1. The summed E-state index contributed by atoms with van der Waals surface area (Å²) in [4.78, 5) is 24.9. The molecule has 0 saturated carbocycles. The van der Waals surface area contributed by atoms with Crippen molar-refractivity contribution in [3.05, 3.63) is 44.7 Å². The molecule has 0 aliphatic carbocycles. The van der Waals surface area contributed by atoms with Crippen LogP contribution in [0.1, 0.15) is 12.8 Å². The Morgan fingerprint density at radius 3 is 2.78 bits per heavy atom. The zero-order valence-corrected chi connectivity index (χ0v) is 13.1. The second kappa shape index (κ2) is 7.22. The van der Waals surface area contributed by atoms with Crippen molar-refractivity contribution in [3.63, 3.8) is 0 Å². The van der Waals surface area contributed by atoms with E-state index in [9.17, 15) is 23.7 Å². The lowest BCUT2D eigenvalue weighted by atomic mass is 10.2. The number of aromatic nitrogens is 3. The molecule has 122 valence electrons. The molecule has 0 radical (unpaired) electrons. The average Bonchev–Trinajstić information content (AvgIpc) is 2.92. The number of carbonyl (C=O) groups is 1. The highest BCUT2D eigenvalue weighted by molar-refractivity contribution is 9.10. The highest BCUT2D eigenvalue weighted by atomic mass is 79.9. The number of benzene rings is 1. The maximum atomic E-state index is 13.6. The van der Waals surface area contributed by atoms with Crippen LogP contribution in [0, 0.1) is 21.7 Å². The summed E-state index contributed by atoms with van der Waals surface area (Å²) in [5.74, 6) is -2.66. The fourth-order valence-electron chi connectivity index (χ4n) is 1.74. The van der Waals surface area contributed by atoms with Crippen LogP contribution in [0.4, 0.5) is 20.4 Å². The molecule has 1 amide bonds. The van der Waals surface area contributed by atoms with Gasteiger partial charge in [-0.15, -0.1) is 0 Å². The van der Waals surface area contributed by atoms with Crippen molar-refractivity contribution in [2.24, 2.45) is 0 Å². The number of nitrogens with one attached hydrogen (secondary N) is 1. The van der Waals surface area contributed by atoms with Gasteiger partial charge in [-0.3, -0.25) is 4.79 Å². The van der Waals surface area contributed by atoms with Crippen molar-refractivity contribution in [2.75, 3.05) is 5.32 Å². The number of halogens is 3. The molecule has 23 heavy (non-hydrogen) atoms. The number of nitrogens with zero attached hydrogens (tertiary/aromatic N) is 4. The minimum absolute atomic E-state index is 0.0247. The molecule has 2 rings (SSSR count). The second-order valence-corrected chi connectivity index (χ2v) is 5.32. The Bertz CT molecular complexity index is 729. The summed E-state index contributed by atoms with van der Waals surface area (Å²) in [6.07, 6.45) is 1.52. The Balaban J connectivity index is 1.87. The van der Waals surface area contributed by atoms with Crippen LogP contribution in [0.5, 0.6) is 0 Å². The van der Waals surface area contributed by atoms with E-state index >= 15 is 0 Å². The van der Waals surface area contributed by atoms with Gasteiger partial charge in [0.2, 0.25) is 12.2 Å². The smallest absolute Gasteiger partial charge is 0.390 e. The van der Waals surface area contributed by atoms with E-state index in [1.54, 1.807) is 0 Å². The third-order valence-electron chi connectivity index (χ3n) is 2.75. The van der Waals surface area contributed by atoms with E-state index in [2.05, 4.69) is 31.3 Å². The minimum atomic E-state index is -0.892. The molecule has 1 N–H and O–H groups in total. The van der Waals surface area contributed by atoms with Gasteiger partial charge in [-0.25, -0.2) is 8.78 Å². The highest BCUT2D eigenvalue weighted by Crippen LogP contribution is 2.27. The predicted octanol–water partition coefficient (Wildman–Crippen LogP) is 2.65. The van der Waals surface area contributed by atoms with Gasteiger partial charge in [0.15, 0.2) is 5.82 Å². The number of hydrogen-bond acceptors (Lipinski definition) is 5. The highest BCUT2D eigenvalue weighted by Gasteiger charge is 2.15. The van der Waals surface area contributed by atoms with Gasteiger partial charge in [-0.1, -0.05) is 4.98 Å². The van der Waals surface area contributed by atoms with Crippen molar-refractivity contribution < 1.29 is 18.5 Å². The summed E-state index contributed by atoms with van der Waals surface area (Å²) in [5, 5.41) is 16.4. The van der Waals surface area contributed by atoms with Crippen LogP contribution in [0.25, 0.3) is 0 Å². The molecule has 0 aliphatic rings. The quantitative estimate of drug-likeness (QED) is 0.604. The van der Waals surface area contributed by atoms with Gasteiger partial charge in [-0.2, -0.15) is 4.68 Å². The van der Waals surface area contributed by atoms with Crippen LogP contribution in [-0.2, 0) is 11.3 Å². The number of nitro groups is 1. The van der Waals surface area contributed by atoms with Gasteiger partial charge >= 0.3 is 5.95 Å². The molecule has 0 unspecified atom stereocenters. The predicted molar refractivity (Wildman–Crippen MR) is 78.6 cm³/mol. The largest absolute Gasteiger partial charge is 0.490 e. The standard InChI is InChI=1S/C12H10BrF2N5O3/c13-8-4-7(14)5-9(15)11(8)17-10(21)2-1-3-19-6-16-12(18-19)20(22)23/h4-6H,1-3H2,(H,17,21). The number of carbonyl (C=O) groups excluding carboxylic acids is 1. The van der Waals surface area contributed by atoms with Crippen LogP contribution in [0.2, 0.25) is 0 Å². The number of aryl methyl sites for hydroxylation is 1. The maximum absolute atomic E-state index is 13.6. The van der Waals surface area contributed by atoms with Crippen molar-refractivity contribution >= 4 is 33.5 Å². The molecule has 0 spiro atoms. The molecule has 11 heteroatoms. The Labute approximate surface area is 136 Å². The van der Waals surface area contributed by atoms with Crippen LogP contribution >= 0.6 is 15.9 Å². The Kier molecular flexibility index (Phi) is 5.32. The molecule has 8 nitrogen and oxygen atoms in total. The number of anilines is 1. The van der Waals surface area contributed by atoms with Crippen LogP contribution in [-0.4, -0.2) is 25.6 Å². The van der Waals surface area contributed by atoms with Gasteiger partial charge in [0, 0.05) is 22.1 Å². The lowest BCUT2D eigenvalue weighted by Gasteiger charge is -2.08. The first-order valence-electron chi connectivity index (χ1n) is 6.35. The summed E-state index contributed by atoms with van der Waals surface area (Å²) in [5.41, 5.74) is -0.146. The van der Waals surface area contributed by atoms with Crippen LogP contribution in [0.15, 0.2) is 22.9 Å². The van der Waals surface area contributed by atoms with Gasteiger partial charge in [0.25, 0.3) is 0 Å². The monoisotopic (exact) mass is 389 g/mol. The molecular formula is C12H10BrF2N5O3. The van der Waals surface area contributed by atoms with E-state index in [0.29, 0.717) is 12.5 Å². The lowest BCUT2D eigenvalue weighted by Crippen LogP contribution is -2.14. The van der Waals surface area contributed by atoms with Crippen LogP contribution < -0.4 is 5.32 Å². The maximum Gasteiger partial charge on any atom is 0.490 e. The molecule has 0 aliphatic heterocycles. The number of rotatable bonds is 6. The van der Waals surface area contributed by atoms with Gasteiger partial charge in [0.1, 0.15) is 5.82 Å². The third kappa shape index (κ3) is 4.52. The van der Waals surface area contributed by atoms with Gasteiger partial charge in [-0.05, 0) is 33.3 Å². The SMILES string of the molecule is O=C(CCCn1cnc([N+](=O)[O-])n1)Nc1c(F)cc(F)cc1Br. The first-order chi connectivity index (χ1) is 10.9. The summed E-state index contributed by atoms with van der Waals surface area (Å²) in [6, 6.07) is 1.70. The van der Waals surface area contributed by atoms with E-state index in [4.69, 9.17) is 0 Å². The Morgan fingerprint density at radius 2 is 2.17 bits per heavy atom. The fraction of sp³-hybridized carbons (Fsp3) is 0.250. The van der Waals surface area contributed by atoms with Crippen molar-refractivity contribution in [1.29, 1.82) is 0 Å². The molecule has 1 heterocycles. The normalized spacial score (nSPS) is 10.6. The minimum Gasteiger partial charge on any atom is -0.390 e.